The predicted molar refractivity (Wildman–Crippen MR) is 91.7 cm³/mol. The molecular weight excluding hydrogens is 361 g/mol. The van der Waals surface area contributed by atoms with Crippen LogP contribution in [0.15, 0.2) is 23.2 Å². The summed E-state index contributed by atoms with van der Waals surface area (Å²) in [5, 5.41) is 0.593. The van der Waals surface area contributed by atoms with Gasteiger partial charge in [-0.2, -0.15) is 0 Å². The molecule has 23 heavy (non-hydrogen) atoms. The van der Waals surface area contributed by atoms with Crippen molar-refractivity contribution in [1.29, 1.82) is 0 Å². The Bertz CT molecular complexity index is 671. The fraction of sp³-hybridized carbons (Fsp3) is 0.375. The average molecular weight is 377 g/mol. The number of imide groups is 1. The van der Waals surface area contributed by atoms with Crippen molar-refractivity contribution >= 4 is 52.2 Å². The van der Waals surface area contributed by atoms with Gasteiger partial charge in [0, 0.05) is 23.7 Å². The summed E-state index contributed by atoms with van der Waals surface area (Å²) < 4.78 is 5.41. The number of benzene rings is 1. The Kier molecular flexibility index (Phi) is 6.09. The van der Waals surface area contributed by atoms with Crippen LogP contribution in [0.2, 0.25) is 10.0 Å². The molecule has 7 heteroatoms. The summed E-state index contributed by atoms with van der Waals surface area (Å²) in [5.41, 5.74) is 0.517. The van der Waals surface area contributed by atoms with Crippen molar-refractivity contribution in [1.82, 2.24) is 4.90 Å². The number of rotatable bonds is 6. The molecular formula is C16H16Cl3NO3. The van der Waals surface area contributed by atoms with Gasteiger partial charge >= 0.3 is 0 Å². The van der Waals surface area contributed by atoms with E-state index in [2.05, 4.69) is 0 Å². The molecule has 0 spiro atoms. The molecule has 1 heterocycles. The predicted octanol–water partition coefficient (Wildman–Crippen LogP) is 4.13. The van der Waals surface area contributed by atoms with E-state index in [4.69, 9.17) is 39.5 Å². The topological polar surface area (TPSA) is 46.6 Å². The zero-order valence-electron chi connectivity index (χ0n) is 12.7. The minimum Gasteiger partial charge on any atom is -0.379 e. The first-order valence-corrected chi connectivity index (χ1v) is 8.29. The molecule has 0 fully saturated rings. The van der Waals surface area contributed by atoms with E-state index in [9.17, 15) is 9.59 Å². The highest BCUT2D eigenvalue weighted by molar-refractivity contribution is 6.55. The van der Waals surface area contributed by atoms with E-state index in [0.29, 0.717) is 23.6 Å². The molecule has 4 nitrogen and oxygen atoms in total. The molecule has 1 aliphatic rings. The van der Waals surface area contributed by atoms with E-state index in [1.165, 1.54) is 6.07 Å². The van der Waals surface area contributed by atoms with E-state index in [1.54, 1.807) is 12.1 Å². The standard InChI is InChI=1S/C16H16Cl3NO3/c1-9(2)23-7-3-6-20-15(21)13(14(19)16(20)22)11-5-4-10(17)8-12(11)18/h4-5,8-9H,3,6-7H2,1-2H3. The molecule has 2 rings (SSSR count). The maximum atomic E-state index is 12.5. The number of hydrogen-bond donors (Lipinski definition) is 0. The molecule has 2 amide bonds. The fourth-order valence-electron chi connectivity index (χ4n) is 2.22. The molecule has 0 radical (unpaired) electrons. The zero-order valence-corrected chi connectivity index (χ0v) is 15.0. The average Bonchev–Trinajstić information content (AvgIpc) is 2.67. The van der Waals surface area contributed by atoms with Crippen molar-refractivity contribution in [2.75, 3.05) is 13.2 Å². The van der Waals surface area contributed by atoms with E-state index in [-0.39, 0.29) is 28.3 Å². The summed E-state index contributed by atoms with van der Waals surface area (Å²) in [7, 11) is 0. The first kappa shape index (κ1) is 18.3. The smallest absolute Gasteiger partial charge is 0.273 e. The van der Waals surface area contributed by atoms with Crippen LogP contribution in [0.4, 0.5) is 0 Å². The monoisotopic (exact) mass is 375 g/mol. The molecule has 1 aliphatic heterocycles. The molecule has 0 saturated heterocycles. The lowest BCUT2D eigenvalue weighted by atomic mass is 10.1. The quantitative estimate of drug-likeness (QED) is 0.554. The summed E-state index contributed by atoms with van der Waals surface area (Å²) in [5.74, 6) is -0.962. The van der Waals surface area contributed by atoms with Crippen LogP contribution in [0.25, 0.3) is 5.57 Å². The number of amides is 2. The summed E-state index contributed by atoms with van der Waals surface area (Å²) in [6.45, 7) is 4.55. The molecule has 1 aromatic carbocycles. The van der Waals surface area contributed by atoms with Crippen LogP contribution in [-0.2, 0) is 14.3 Å². The van der Waals surface area contributed by atoms with Crippen molar-refractivity contribution < 1.29 is 14.3 Å². The van der Waals surface area contributed by atoms with Gasteiger partial charge in [0.05, 0.1) is 16.7 Å². The number of carbonyl (C=O) groups excluding carboxylic acids is 2. The van der Waals surface area contributed by atoms with Gasteiger partial charge in [-0.1, -0.05) is 40.9 Å². The number of carbonyl (C=O) groups is 2. The van der Waals surface area contributed by atoms with Crippen LogP contribution < -0.4 is 0 Å². The van der Waals surface area contributed by atoms with Gasteiger partial charge in [0.2, 0.25) is 0 Å². The maximum Gasteiger partial charge on any atom is 0.273 e. The van der Waals surface area contributed by atoms with Gasteiger partial charge in [-0.15, -0.1) is 0 Å². The van der Waals surface area contributed by atoms with Crippen LogP contribution in [0.1, 0.15) is 25.8 Å². The minimum atomic E-state index is -0.512. The number of hydrogen-bond acceptors (Lipinski definition) is 3. The zero-order chi connectivity index (χ0) is 17.1. The highest BCUT2D eigenvalue weighted by atomic mass is 35.5. The summed E-state index contributed by atoms with van der Waals surface area (Å²) in [4.78, 5) is 25.9. The van der Waals surface area contributed by atoms with Crippen LogP contribution in [0, 0.1) is 0 Å². The summed E-state index contributed by atoms with van der Waals surface area (Å²) in [6, 6.07) is 4.68. The number of ether oxygens (including phenoxy) is 1. The van der Waals surface area contributed by atoms with Gasteiger partial charge in [0.25, 0.3) is 11.8 Å². The van der Waals surface area contributed by atoms with E-state index < -0.39 is 11.8 Å². The lowest BCUT2D eigenvalue weighted by molar-refractivity contribution is -0.136. The van der Waals surface area contributed by atoms with Crippen molar-refractivity contribution in [2.24, 2.45) is 0 Å². The Labute approximate surface area is 149 Å². The Morgan fingerprint density at radius 3 is 2.43 bits per heavy atom. The Morgan fingerprint density at radius 1 is 1.13 bits per heavy atom. The van der Waals surface area contributed by atoms with Gasteiger partial charge in [-0.3, -0.25) is 14.5 Å². The molecule has 1 aromatic rings. The van der Waals surface area contributed by atoms with Gasteiger partial charge < -0.3 is 4.74 Å². The third-order valence-electron chi connectivity index (χ3n) is 3.29. The SMILES string of the molecule is CC(C)OCCCN1C(=O)C(Cl)=C(c2ccc(Cl)cc2Cl)C1=O. The highest BCUT2D eigenvalue weighted by Gasteiger charge is 2.38. The fourth-order valence-corrected chi connectivity index (χ4v) is 3.00. The Balaban J connectivity index is 2.16. The second kappa shape index (κ2) is 7.67. The second-order valence-corrected chi connectivity index (χ2v) is 6.57. The van der Waals surface area contributed by atoms with Gasteiger partial charge in [0.15, 0.2) is 0 Å². The van der Waals surface area contributed by atoms with Crippen LogP contribution in [-0.4, -0.2) is 36.0 Å². The van der Waals surface area contributed by atoms with Crippen molar-refractivity contribution in [3.8, 4) is 0 Å². The van der Waals surface area contributed by atoms with Crippen molar-refractivity contribution in [3.05, 3.63) is 38.8 Å². The van der Waals surface area contributed by atoms with Gasteiger partial charge in [-0.25, -0.2) is 0 Å². The highest BCUT2D eigenvalue weighted by Crippen LogP contribution is 2.36. The minimum absolute atomic E-state index is 0.102. The molecule has 124 valence electrons. The summed E-state index contributed by atoms with van der Waals surface area (Å²) >= 11 is 18.0. The summed E-state index contributed by atoms with van der Waals surface area (Å²) in [6.07, 6.45) is 0.645. The molecule has 0 unspecified atom stereocenters. The third kappa shape index (κ3) is 4.07. The molecule has 0 atom stereocenters. The van der Waals surface area contributed by atoms with Crippen molar-refractivity contribution in [3.63, 3.8) is 0 Å². The normalized spacial score (nSPS) is 15.3. The largest absolute Gasteiger partial charge is 0.379 e. The van der Waals surface area contributed by atoms with Gasteiger partial charge in [-0.05, 0) is 32.4 Å². The van der Waals surface area contributed by atoms with E-state index >= 15 is 0 Å². The Morgan fingerprint density at radius 2 is 1.83 bits per heavy atom. The van der Waals surface area contributed by atoms with Gasteiger partial charge in [0.1, 0.15) is 5.03 Å². The molecule has 0 aliphatic carbocycles. The lowest BCUT2D eigenvalue weighted by Crippen LogP contribution is -2.33. The third-order valence-corrected chi connectivity index (χ3v) is 4.19. The molecule has 0 aromatic heterocycles. The lowest BCUT2D eigenvalue weighted by Gasteiger charge is -2.15. The molecule has 0 saturated carbocycles. The number of halogens is 3. The Hall–Kier alpha value is -1.07. The second-order valence-electron chi connectivity index (χ2n) is 5.35. The molecule has 0 N–H and O–H groups in total. The van der Waals surface area contributed by atoms with E-state index in [0.717, 1.165) is 4.90 Å². The van der Waals surface area contributed by atoms with Crippen LogP contribution >= 0.6 is 34.8 Å². The van der Waals surface area contributed by atoms with Crippen LogP contribution in [0.3, 0.4) is 0 Å². The maximum absolute atomic E-state index is 12.5. The number of nitrogens with zero attached hydrogens (tertiary/aromatic N) is 1. The first-order chi connectivity index (χ1) is 10.8. The first-order valence-electron chi connectivity index (χ1n) is 7.16. The molecule has 0 bridgehead atoms. The van der Waals surface area contributed by atoms with E-state index in [1.807, 2.05) is 13.8 Å². The van der Waals surface area contributed by atoms with Crippen molar-refractivity contribution in [2.45, 2.75) is 26.4 Å². The van der Waals surface area contributed by atoms with Crippen LogP contribution in [0.5, 0.6) is 0 Å².